The number of nitrogens with one attached hydrogen (secondary N) is 2. The number of likely N-dealkylation sites (tertiary alicyclic amines) is 1. The number of carbonyl (C=O) groups is 2. The Bertz CT molecular complexity index is 1680. The van der Waals surface area contributed by atoms with Gasteiger partial charge in [0.1, 0.15) is 22.9 Å². The highest BCUT2D eigenvalue weighted by molar-refractivity contribution is 5.92. The third-order valence-electron chi connectivity index (χ3n) is 7.23. The Kier molecular flexibility index (Phi) is 8.93. The van der Waals surface area contributed by atoms with Crippen LogP contribution < -0.4 is 20.1 Å². The van der Waals surface area contributed by atoms with E-state index in [0.29, 0.717) is 60.1 Å². The van der Waals surface area contributed by atoms with Crippen LogP contribution >= 0.6 is 0 Å². The first-order valence-corrected chi connectivity index (χ1v) is 14.3. The zero-order valence-corrected chi connectivity index (χ0v) is 24.6. The Labute approximate surface area is 255 Å². The topological polar surface area (TPSA) is 111 Å². The van der Waals surface area contributed by atoms with E-state index in [1.807, 2.05) is 22.6 Å². The average Bonchev–Trinajstić information content (AvgIpc) is 3.52. The number of pyridine rings is 1. The molecule has 1 saturated heterocycles. The number of ether oxygens (including phenoxy) is 2. The Hall–Kier alpha value is -4.81. The van der Waals surface area contributed by atoms with Gasteiger partial charge in [-0.3, -0.25) is 14.6 Å². The Morgan fingerprint density at radius 2 is 1.91 bits per heavy atom. The van der Waals surface area contributed by atoms with Crippen LogP contribution in [0.3, 0.4) is 0 Å². The number of aryl methyl sites for hydroxylation is 1. The number of hydrogen-bond acceptors (Lipinski definition) is 7. The van der Waals surface area contributed by atoms with Crippen LogP contribution in [0.15, 0.2) is 54.7 Å². The van der Waals surface area contributed by atoms with Gasteiger partial charge in [0.25, 0.3) is 5.91 Å². The number of rotatable bonds is 11. The molecule has 1 aliphatic rings. The van der Waals surface area contributed by atoms with Crippen molar-refractivity contribution in [2.45, 2.75) is 45.4 Å². The molecule has 0 atom stereocenters. The van der Waals surface area contributed by atoms with Crippen molar-refractivity contribution in [3.8, 4) is 17.2 Å². The molecular formula is C31H37F3N6O4. The summed E-state index contributed by atoms with van der Waals surface area (Å²) in [5, 5.41) is 6.01. The summed E-state index contributed by atoms with van der Waals surface area (Å²) >= 11 is 0. The molecule has 2 N–H and O–H groups in total. The molecule has 0 aliphatic carbocycles. The normalized spacial score (nSPS) is 13.5. The summed E-state index contributed by atoms with van der Waals surface area (Å²) in [6, 6.07) is 13.0. The van der Waals surface area contributed by atoms with Gasteiger partial charge < -0.3 is 29.6 Å². The number of carbonyl (C=O) groups excluding carboxylic acids is 2. The molecule has 4 aromatic rings. The second kappa shape index (κ2) is 12.8. The van der Waals surface area contributed by atoms with Crippen molar-refractivity contribution in [3.63, 3.8) is 0 Å². The summed E-state index contributed by atoms with van der Waals surface area (Å²) in [5.74, 6) is 0.769. The lowest BCUT2D eigenvalue weighted by Crippen LogP contribution is -2.30. The number of alkyl halides is 3. The average molecular weight is 615 g/mol. The van der Waals surface area contributed by atoms with Crippen LogP contribution in [-0.4, -0.2) is 57.2 Å². The highest BCUT2D eigenvalue weighted by Crippen LogP contribution is 2.35. The van der Waals surface area contributed by atoms with Crippen molar-refractivity contribution in [2.24, 2.45) is 7.05 Å². The molecule has 1 aliphatic heterocycles. The SMILES string of the molecule is CC(C)c1cc(Nc2nc3cc(Oc4ccnc(C(=O)NCCCN5CCCC5=O)c4)ccc3n2C)ccc1OC(F)(F)F.[HH].[HH]. The molecule has 0 radical (unpaired) electrons. The van der Waals surface area contributed by atoms with Gasteiger partial charge in [-0.1, -0.05) is 13.8 Å². The van der Waals surface area contributed by atoms with Crippen molar-refractivity contribution in [1.82, 2.24) is 24.8 Å². The smallest absolute Gasteiger partial charge is 0.457 e. The maximum atomic E-state index is 12.8. The van der Waals surface area contributed by atoms with Gasteiger partial charge in [-0.15, -0.1) is 13.2 Å². The molecule has 44 heavy (non-hydrogen) atoms. The van der Waals surface area contributed by atoms with Gasteiger partial charge in [0, 0.05) is 60.0 Å². The van der Waals surface area contributed by atoms with Gasteiger partial charge in [-0.05, 0) is 60.7 Å². The number of imidazole rings is 1. The number of nitrogens with zero attached hydrogens (tertiary/aromatic N) is 4. The molecule has 0 spiro atoms. The van der Waals surface area contributed by atoms with E-state index in [9.17, 15) is 22.8 Å². The molecular weight excluding hydrogens is 577 g/mol. The summed E-state index contributed by atoms with van der Waals surface area (Å²) in [4.78, 5) is 35.0. The fourth-order valence-corrected chi connectivity index (χ4v) is 5.02. The minimum absolute atomic E-state index is 0. The van der Waals surface area contributed by atoms with Gasteiger partial charge in [0.15, 0.2) is 0 Å². The summed E-state index contributed by atoms with van der Waals surface area (Å²) in [6.45, 7) is 5.39. The molecule has 2 amide bonds. The number of fused-ring (bicyclic) bond motifs is 1. The van der Waals surface area contributed by atoms with E-state index < -0.39 is 6.36 Å². The van der Waals surface area contributed by atoms with E-state index in [0.717, 1.165) is 18.5 Å². The molecule has 13 heteroatoms. The Balaban J connectivity index is 0.00000288. The maximum Gasteiger partial charge on any atom is 0.573 e. The van der Waals surface area contributed by atoms with Crippen LogP contribution in [0.2, 0.25) is 0 Å². The van der Waals surface area contributed by atoms with Crippen LogP contribution in [0.1, 0.15) is 57.9 Å². The quantitative estimate of drug-likeness (QED) is 0.180. The first-order valence-electron chi connectivity index (χ1n) is 14.3. The fourth-order valence-electron chi connectivity index (χ4n) is 5.02. The summed E-state index contributed by atoms with van der Waals surface area (Å²) in [5.41, 5.74) is 2.59. The van der Waals surface area contributed by atoms with Crippen molar-refractivity contribution < 1.29 is 35.1 Å². The summed E-state index contributed by atoms with van der Waals surface area (Å²) in [6.07, 6.45) is -1.16. The second-order valence-corrected chi connectivity index (χ2v) is 10.8. The molecule has 10 nitrogen and oxygen atoms in total. The lowest BCUT2D eigenvalue weighted by atomic mass is 10.0. The van der Waals surface area contributed by atoms with Gasteiger partial charge in [0.05, 0.1) is 11.0 Å². The minimum Gasteiger partial charge on any atom is -0.457 e. The number of benzene rings is 2. The molecule has 2 aromatic heterocycles. The number of halogens is 3. The summed E-state index contributed by atoms with van der Waals surface area (Å²) in [7, 11) is 1.82. The van der Waals surface area contributed by atoms with E-state index in [1.165, 1.54) is 18.3 Å². The molecule has 0 saturated carbocycles. The zero-order valence-electron chi connectivity index (χ0n) is 24.6. The van der Waals surface area contributed by atoms with Crippen molar-refractivity contribution in [3.05, 3.63) is 66.0 Å². The highest BCUT2D eigenvalue weighted by Gasteiger charge is 2.32. The van der Waals surface area contributed by atoms with Crippen LogP contribution in [0, 0.1) is 0 Å². The maximum absolute atomic E-state index is 12.8. The fraction of sp³-hybridized carbons (Fsp3) is 0.355. The molecule has 0 bridgehead atoms. The van der Waals surface area contributed by atoms with Gasteiger partial charge >= 0.3 is 6.36 Å². The van der Waals surface area contributed by atoms with E-state index in [1.54, 1.807) is 44.2 Å². The van der Waals surface area contributed by atoms with Crippen molar-refractivity contribution in [1.29, 1.82) is 0 Å². The van der Waals surface area contributed by atoms with E-state index in [2.05, 4.69) is 25.3 Å². The molecule has 1 fully saturated rings. The van der Waals surface area contributed by atoms with Crippen LogP contribution in [0.4, 0.5) is 24.8 Å². The van der Waals surface area contributed by atoms with Gasteiger partial charge in [-0.25, -0.2) is 4.98 Å². The molecule has 5 rings (SSSR count). The van der Waals surface area contributed by atoms with Crippen LogP contribution in [0.25, 0.3) is 11.0 Å². The van der Waals surface area contributed by atoms with Gasteiger partial charge in [-0.2, -0.15) is 0 Å². The van der Waals surface area contributed by atoms with Crippen molar-refractivity contribution >= 4 is 34.5 Å². The number of amides is 2. The molecule has 3 heterocycles. The number of anilines is 2. The predicted octanol–water partition coefficient (Wildman–Crippen LogP) is 6.76. The standard InChI is InChI=1S/C31H33F3N6O4.2H2/c1-19(2)23-16-20(7-10-27(23)44-31(32,33)34)37-30-38-24-17-21(8-9-26(24)39(30)3)43-22-11-13-35-25(18-22)29(42)36-12-5-15-40-14-4-6-28(40)41;;/h7-11,13,16-19H,4-6,12,14-15H2,1-3H3,(H,36,42)(H,37,38);2*1H. The Morgan fingerprint density at radius 1 is 1.11 bits per heavy atom. The van der Waals surface area contributed by atoms with E-state index >= 15 is 0 Å². The molecule has 0 unspecified atom stereocenters. The minimum atomic E-state index is -4.78. The largest absolute Gasteiger partial charge is 0.573 e. The third-order valence-corrected chi connectivity index (χ3v) is 7.23. The van der Waals surface area contributed by atoms with Crippen LogP contribution in [0.5, 0.6) is 17.2 Å². The first-order chi connectivity index (χ1) is 21.0. The first kappa shape index (κ1) is 30.6. The van der Waals surface area contributed by atoms with Gasteiger partial charge in [0.2, 0.25) is 11.9 Å². The predicted molar refractivity (Wildman–Crippen MR) is 163 cm³/mol. The Morgan fingerprint density at radius 3 is 2.64 bits per heavy atom. The van der Waals surface area contributed by atoms with E-state index in [-0.39, 0.29) is 32.0 Å². The van der Waals surface area contributed by atoms with Crippen LogP contribution in [-0.2, 0) is 11.8 Å². The summed E-state index contributed by atoms with van der Waals surface area (Å²) < 4.78 is 50.6. The molecule has 2 aromatic carbocycles. The second-order valence-electron chi connectivity index (χ2n) is 10.8. The van der Waals surface area contributed by atoms with E-state index in [4.69, 9.17) is 4.74 Å². The molecule has 236 valence electrons. The lowest BCUT2D eigenvalue weighted by molar-refractivity contribution is -0.274. The third kappa shape index (κ3) is 7.39. The lowest BCUT2D eigenvalue weighted by Gasteiger charge is -2.17. The monoisotopic (exact) mass is 614 g/mol. The number of aromatic nitrogens is 3. The number of hydrogen-bond donors (Lipinski definition) is 2. The zero-order chi connectivity index (χ0) is 31.4. The van der Waals surface area contributed by atoms with Crippen molar-refractivity contribution in [2.75, 3.05) is 25.0 Å². The highest BCUT2D eigenvalue weighted by atomic mass is 19.4.